The fourth-order valence-electron chi connectivity index (χ4n) is 2.38. The first-order chi connectivity index (χ1) is 10.8. The molecule has 2 aromatic rings. The third-order valence-electron chi connectivity index (χ3n) is 3.47. The lowest BCUT2D eigenvalue weighted by Crippen LogP contribution is -2.34. The van der Waals surface area contributed by atoms with Crippen molar-refractivity contribution >= 4 is 5.91 Å². The molecule has 0 radical (unpaired) electrons. The number of carbonyl (C=O) groups excluding carboxylic acids is 1. The van der Waals surface area contributed by atoms with Gasteiger partial charge in [0.25, 0.3) is 5.91 Å². The second kappa shape index (κ2) is 6.48. The lowest BCUT2D eigenvalue weighted by atomic mass is 10.3. The van der Waals surface area contributed by atoms with Crippen molar-refractivity contribution in [3.8, 4) is 0 Å². The van der Waals surface area contributed by atoms with Crippen molar-refractivity contribution in [3.05, 3.63) is 36.5 Å². The zero-order valence-corrected chi connectivity index (χ0v) is 12.1. The van der Waals surface area contributed by atoms with Crippen molar-refractivity contribution in [2.75, 3.05) is 19.7 Å². The molecule has 1 aliphatic rings. The highest BCUT2D eigenvalue weighted by Crippen LogP contribution is 2.11. The predicted octanol–water partition coefficient (Wildman–Crippen LogP) is -0.203. The maximum atomic E-state index is 12.3. The first kappa shape index (κ1) is 14.4. The molecule has 2 aromatic heterocycles. The second-order valence-corrected chi connectivity index (χ2v) is 4.86. The van der Waals surface area contributed by atoms with Gasteiger partial charge in [-0.3, -0.25) is 9.89 Å². The Labute approximate surface area is 127 Å². The molecule has 0 saturated carbocycles. The zero-order valence-electron chi connectivity index (χ0n) is 12.1. The number of amides is 1. The topological polar surface area (TPSA) is 102 Å². The van der Waals surface area contributed by atoms with Gasteiger partial charge in [-0.25, -0.2) is 4.98 Å². The summed E-state index contributed by atoms with van der Waals surface area (Å²) in [5.41, 5.74) is 0. The van der Waals surface area contributed by atoms with E-state index in [4.69, 9.17) is 4.74 Å². The molecule has 0 aromatic carbocycles. The van der Waals surface area contributed by atoms with Crippen LogP contribution in [-0.2, 0) is 24.3 Å². The molecule has 0 atom stereocenters. The Morgan fingerprint density at radius 1 is 1.41 bits per heavy atom. The van der Waals surface area contributed by atoms with Crippen molar-refractivity contribution < 1.29 is 9.53 Å². The number of nitrogens with one attached hydrogen (secondary N) is 1. The summed E-state index contributed by atoms with van der Waals surface area (Å²) in [4.78, 5) is 17.9. The average Bonchev–Trinajstić information content (AvgIpc) is 3.14. The maximum Gasteiger partial charge on any atom is 0.291 e. The summed E-state index contributed by atoms with van der Waals surface area (Å²) < 4.78 is 7.43. The summed E-state index contributed by atoms with van der Waals surface area (Å²) in [5, 5.41) is 14.6. The molecule has 0 bridgehead atoms. The van der Waals surface area contributed by atoms with Gasteiger partial charge in [0.1, 0.15) is 18.8 Å². The van der Waals surface area contributed by atoms with E-state index in [2.05, 4.69) is 32.0 Å². The van der Waals surface area contributed by atoms with Gasteiger partial charge in [-0.05, 0) is 0 Å². The van der Waals surface area contributed by atoms with Crippen LogP contribution in [-0.4, -0.2) is 60.4 Å². The Hall–Kier alpha value is -2.55. The summed E-state index contributed by atoms with van der Waals surface area (Å²) in [6.07, 6.45) is 3.67. The third-order valence-corrected chi connectivity index (χ3v) is 3.47. The van der Waals surface area contributed by atoms with Gasteiger partial charge in [-0.15, -0.1) is 16.8 Å². The fourth-order valence-corrected chi connectivity index (χ4v) is 2.38. The number of ether oxygens (including phenoxy) is 1. The van der Waals surface area contributed by atoms with Gasteiger partial charge < -0.3 is 14.2 Å². The minimum atomic E-state index is -0.152. The van der Waals surface area contributed by atoms with Crippen LogP contribution < -0.4 is 0 Å². The number of H-pyrrole nitrogens is 1. The molecule has 0 unspecified atom stereocenters. The average molecular weight is 303 g/mol. The molecular weight excluding hydrogens is 286 g/mol. The molecule has 9 heteroatoms. The van der Waals surface area contributed by atoms with Gasteiger partial charge in [0.2, 0.25) is 5.82 Å². The Balaban J connectivity index is 1.67. The van der Waals surface area contributed by atoms with Crippen molar-refractivity contribution in [3.63, 3.8) is 0 Å². The van der Waals surface area contributed by atoms with Gasteiger partial charge in [-0.2, -0.15) is 5.10 Å². The highest BCUT2D eigenvalue weighted by atomic mass is 16.5. The molecule has 0 fully saturated rings. The van der Waals surface area contributed by atoms with Crippen LogP contribution in [0.1, 0.15) is 22.3 Å². The third kappa shape index (κ3) is 2.89. The normalized spacial score (nSPS) is 14.5. The van der Waals surface area contributed by atoms with Crippen LogP contribution >= 0.6 is 0 Å². The summed E-state index contributed by atoms with van der Waals surface area (Å²) in [5.74, 6) is 1.74. The number of rotatable bonds is 5. The van der Waals surface area contributed by atoms with E-state index in [0.717, 1.165) is 11.6 Å². The first-order valence-electron chi connectivity index (χ1n) is 7.04. The molecule has 0 spiro atoms. The van der Waals surface area contributed by atoms with Gasteiger partial charge in [0, 0.05) is 26.1 Å². The van der Waals surface area contributed by atoms with Gasteiger partial charge in [-0.1, -0.05) is 6.08 Å². The standard InChI is InChI=1S/C13H17N7O2/c1-2-7-22-8-11-17-16-10-3-4-19(5-6-20(10)11)13(21)12-14-9-15-18-12/h2,9H,1,3-8H2,(H,14,15,18). The number of hydrogen-bond acceptors (Lipinski definition) is 6. The quantitative estimate of drug-likeness (QED) is 0.606. The monoisotopic (exact) mass is 303 g/mol. The number of hydrogen-bond donors (Lipinski definition) is 1. The van der Waals surface area contributed by atoms with Crippen LogP contribution in [0.4, 0.5) is 0 Å². The molecule has 22 heavy (non-hydrogen) atoms. The minimum Gasteiger partial charge on any atom is -0.369 e. The first-order valence-corrected chi connectivity index (χ1v) is 7.04. The number of nitrogens with zero attached hydrogens (tertiary/aromatic N) is 6. The van der Waals surface area contributed by atoms with Crippen LogP contribution in [0.25, 0.3) is 0 Å². The molecule has 1 amide bonds. The molecule has 3 heterocycles. The van der Waals surface area contributed by atoms with Crippen LogP contribution in [0.3, 0.4) is 0 Å². The molecule has 1 aliphatic heterocycles. The van der Waals surface area contributed by atoms with E-state index in [-0.39, 0.29) is 11.7 Å². The zero-order chi connectivity index (χ0) is 15.4. The number of aromatic amines is 1. The molecule has 9 nitrogen and oxygen atoms in total. The second-order valence-electron chi connectivity index (χ2n) is 4.86. The van der Waals surface area contributed by atoms with Gasteiger partial charge in [0.05, 0.1) is 6.61 Å². The molecule has 3 rings (SSSR count). The number of carbonyl (C=O) groups is 1. The van der Waals surface area contributed by atoms with Crippen molar-refractivity contribution in [2.24, 2.45) is 0 Å². The van der Waals surface area contributed by atoms with E-state index < -0.39 is 0 Å². The lowest BCUT2D eigenvalue weighted by Gasteiger charge is -2.18. The number of aromatic nitrogens is 6. The summed E-state index contributed by atoms with van der Waals surface area (Å²) in [6, 6.07) is 0. The molecule has 0 saturated heterocycles. The Bertz CT molecular complexity index is 649. The van der Waals surface area contributed by atoms with E-state index in [0.29, 0.717) is 39.3 Å². The number of fused-ring (bicyclic) bond motifs is 1. The fraction of sp³-hybridized carbons (Fsp3) is 0.462. The van der Waals surface area contributed by atoms with E-state index in [9.17, 15) is 4.79 Å². The van der Waals surface area contributed by atoms with E-state index in [1.165, 1.54) is 6.33 Å². The van der Waals surface area contributed by atoms with E-state index in [1.54, 1.807) is 11.0 Å². The molecular formula is C13H17N7O2. The van der Waals surface area contributed by atoms with Crippen LogP contribution in [0.15, 0.2) is 19.0 Å². The predicted molar refractivity (Wildman–Crippen MR) is 75.9 cm³/mol. The summed E-state index contributed by atoms with van der Waals surface area (Å²) in [7, 11) is 0. The van der Waals surface area contributed by atoms with Crippen LogP contribution in [0.2, 0.25) is 0 Å². The SMILES string of the molecule is C=CCOCc1nnc2n1CCN(C(=O)c1ncn[nH]1)CC2. The van der Waals surface area contributed by atoms with Gasteiger partial charge >= 0.3 is 0 Å². The molecule has 116 valence electrons. The van der Waals surface area contributed by atoms with E-state index >= 15 is 0 Å². The van der Waals surface area contributed by atoms with E-state index in [1.807, 2.05) is 4.57 Å². The highest BCUT2D eigenvalue weighted by molar-refractivity contribution is 5.90. The van der Waals surface area contributed by atoms with Crippen molar-refractivity contribution in [1.82, 2.24) is 34.8 Å². The Morgan fingerprint density at radius 3 is 3.09 bits per heavy atom. The van der Waals surface area contributed by atoms with Crippen molar-refractivity contribution in [1.29, 1.82) is 0 Å². The smallest absolute Gasteiger partial charge is 0.291 e. The Kier molecular flexibility index (Phi) is 4.24. The van der Waals surface area contributed by atoms with Gasteiger partial charge in [0.15, 0.2) is 5.82 Å². The van der Waals surface area contributed by atoms with Crippen LogP contribution in [0.5, 0.6) is 0 Å². The summed E-state index contributed by atoms with van der Waals surface area (Å²) in [6.45, 7) is 6.24. The minimum absolute atomic E-state index is 0.152. The largest absolute Gasteiger partial charge is 0.369 e. The highest BCUT2D eigenvalue weighted by Gasteiger charge is 2.23. The van der Waals surface area contributed by atoms with Crippen LogP contribution in [0, 0.1) is 0 Å². The van der Waals surface area contributed by atoms with Crippen molar-refractivity contribution in [2.45, 2.75) is 19.6 Å². The maximum absolute atomic E-state index is 12.3. The Morgan fingerprint density at radius 2 is 2.32 bits per heavy atom. The lowest BCUT2D eigenvalue weighted by molar-refractivity contribution is 0.0746. The molecule has 1 N–H and O–H groups in total. The molecule has 0 aliphatic carbocycles. The summed E-state index contributed by atoms with van der Waals surface area (Å²) >= 11 is 0.